The van der Waals surface area contributed by atoms with Crippen LogP contribution in [0.5, 0.6) is 0 Å². The topological polar surface area (TPSA) is 102 Å². The third kappa shape index (κ3) is 42.8. The number of hydrogen-bond donors (Lipinski definition) is 0. The molecule has 0 fully saturated rings. The molecule has 0 aromatic rings. The lowest BCUT2D eigenvalue weighted by molar-refractivity contribution is -0.889. The van der Waals surface area contributed by atoms with Crippen LogP contribution < -0.4 is 5.11 Å². The molecule has 0 saturated carbocycles. The Morgan fingerprint density at radius 1 is 0.500 bits per heavy atom. The van der Waals surface area contributed by atoms with E-state index < -0.39 is 18.1 Å². The van der Waals surface area contributed by atoms with Gasteiger partial charge in [0, 0.05) is 19.3 Å². The average molecular weight is 874 g/mol. The molecule has 0 N–H and O–H groups in total. The van der Waals surface area contributed by atoms with Crippen LogP contribution in [0.3, 0.4) is 0 Å². The number of likely N-dealkylation sites (N-methyl/N-ethyl adjacent to an activating group) is 1. The van der Waals surface area contributed by atoms with Gasteiger partial charge in [-0.2, -0.15) is 0 Å². The average Bonchev–Trinajstić information content (AvgIpc) is 3.23. The summed E-state index contributed by atoms with van der Waals surface area (Å²) in [6.45, 7) is 4.58. The van der Waals surface area contributed by atoms with Crippen molar-refractivity contribution in [1.29, 1.82) is 0 Å². The molecule has 0 spiro atoms. The molecule has 0 radical (unpaired) electrons. The molecule has 0 aromatic carbocycles. The van der Waals surface area contributed by atoms with E-state index in [1.165, 1.54) is 154 Å². The highest BCUT2D eigenvalue weighted by molar-refractivity contribution is 5.70. The molecule has 362 valence electrons. The molecular weight excluding hydrogens is 775 g/mol. The summed E-state index contributed by atoms with van der Waals surface area (Å²) in [4.78, 5) is 37.0. The summed E-state index contributed by atoms with van der Waals surface area (Å²) in [5, 5.41) is 11.7. The van der Waals surface area contributed by atoms with Crippen LogP contribution in [0.2, 0.25) is 0 Å². The fourth-order valence-electron chi connectivity index (χ4n) is 7.75. The van der Waals surface area contributed by atoms with Gasteiger partial charge in [-0.05, 0) is 64.2 Å². The van der Waals surface area contributed by atoms with E-state index in [4.69, 9.17) is 14.2 Å². The van der Waals surface area contributed by atoms with Gasteiger partial charge in [0.1, 0.15) is 12.6 Å². The Hall–Kier alpha value is -2.45. The molecule has 8 nitrogen and oxygen atoms in total. The minimum atomic E-state index is -1.12. The first kappa shape index (κ1) is 59.5. The van der Waals surface area contributed by atoms with Crippen molar-refractivity contribution in [3.05, 3.63) is 36.5 Å². The normalized spacial score (nSPS) is 13.1. The number of nitrogens with zero attached hydrogens (tertiary/aromatic N) is 1. The SMILES string of the molecule is CC/C=C/C/C=C/CCCCCCCCCCCCCCCCC(=O)OCC(COCCC(C(=O)[O-])[N+](C)(C)C)OC(=O)CCCCCCCCC/C=C/CCCCCCCC. The number of carboxylic acids is 1. The zero-order chi connectivity index (χ0) is 45.6. The lowest BCUT2D eigenvalue weighted by Gasteiger charge is -2.34. The molecule has 0 rings (SSSR count). The molecule has 0 amide bonds. The Morgan fingerprint density at radius 3 is 1.34 bits per heavy atom. The van der Waals surface area contributed by atoms with Crippen LogP contribution in [-0.2, 0) is 28.6 Å². The van der Waals surface area contributed by atoms with Crippen LogP contribution in [0.15, 0.2) is 36.5 Å². The number of carboxylic acid groups (broad SMARTS) is 1. The predicted octanol–water partition coefficient (Wildman–Crippen LogP) is 13.6. The Bertz CT molecular complexity index is 1110. The van der Waals surface area contributed by atoms with E-state index >= 15 is 0 Å². The second-order valence-corrected chi connectivity index (χ2v) is 18.7. The second kappa shape index (κ2) is 45.1. The highest BCUT2D eigenvalue weighted by atomic mass is 16.6. The standard InChI is InChI=1S/C54H99NO7/c1-6-8-10-12-14-16-18-20-22-24-25-26-27-29-30-32-34-36-38-40-42-44-52(56)61-49-50(48-60-47-46-51(54(58)59)55(3,4)5)62-53(57)45-43-41-39-37-35-33-31-28-23-21-19-17-15-13-11-9-7-2/h8,10,14,16,21,23,50-51H,6-7,9,11-13,15,17-20,22,24-49H2,1-5H3/b10-8+,16-14+,23-21+. The van der Waals surface area contributed by atoms with Crippen LogP contribution in [0, 0.1) is 0 Å². The van der Waals surface area contributed by atoms with E-state index in [1.54, 1.807) is 21.1 Å². The third-order valence-electron chi connectivity index (χ3n) is 11.8. The number of carbonyl (C=O) groups is 3. The zero-order valence-corrected chi connectivity index (χ0v) is 41.3. The molecule has 0 bridgehead atoms. The largest absolute Gasteiger partial charge is 0.544 e. The molecule has 0 aliphatic rings. The Kier molecular flexibility index (Phi) is 43.3. The summed E-state index contributed by atoms with van der Waals surface area (Å²) in [6, 6.07) is -0.725. The monoisotopic (exact) mass is 874 g/mol. The van der Waals surface area contributed by atoms with Gasteiger partial charge in [-0.3, -0.25) is 9.59 Å². The summed E-state index contributed by atoms with van der Waals surface area (Å²) in [5.41, 5.74) is 0. The van der Waals surface area contributed by atoms with E-state index in [0.717, 1.165) is 51.4 Å². The zero-order valence-electron chi connectivity index (χ0n) is 41.3. The fraction of sp³-hybridized carbons (Fsp3) is 0.833. The van der Waals surface area contributed by atoms with Gasteiger partial charge in [0.05, 0.1) is 40.3 Å². The number of ether oxygens (including phenoxy) is 3. The number of aliphatic carboxylic acids is 1. The smallest absolute Gasteiger partial charge is 0.306 e. The minimum absolute atomic E-state index is 0.0416. The van der Waals surface area contributed by atoms with Crippen molar-refractivity contribution in [1.82, 2.24) is 0 Å². The number of rotatable bonds is 47. The van der Waals surface area contributed by atoms with Crippen LogP contribution in [0.1, 0.15) is 239 Å². The molecule has 8 heteroatoms. The maximum atomic E-state index is 12.8. The van der Waals surface area contributed by atoms with Crippen LogP contribution in [0.25, 0.3) is 0 Å². The van der Waals surface area contributed by atoms with E-state index in [9.17, 15) is 19.5 Å². The summed E-state index contributed by atoms with van der Waals surface area (Å²) < 4.78 is 17.3. The quantitative estimate of drug-likeness (QED) is 0.0260. The Labute approximate surface area is 383 Å². The van der Waals surface area contributed by atoms with Crippen molar-refractivity contribution in [3.8, 4) is 0 Å². The highest BCUT2D eigenvalue weighted by Crippen LogP contribution is 2.16. The van der Waals surface area contributed by atoms with E-state index in [-0.39, 0.29) is 42.7 Å². The van der Waals surface area contributed by atoms with Gasteiger partial charge in [0.15, 0.2) is 6.10 Å². The van der Waals surface area contributed by atoms with Gasteiger partial charge in [-0.15, -0.1) is 0 Å². The van der Waals surface area contributed by atoms with Crippen molar-refractivity contribution >= 4 is 17.9 Å². The highest BCUT2D eigenvalue weighted by Gasteiger charge is 2.25. The molecular formula is C54H99NO7. The molecule has 0 aliphatic heterocycles. The van der Waals surface area contributed by atoms with Crippen molar-refractivity contribution in [2.45, 2.75) is 251 Å². The summed E-state index contributed by atoms with van der Waals surface area (Å²) in [7, 11) is 5.42. The van der Waals surface area contributed by atoms with E-state index in [0.29, 0.717) is 12.8 Å². The van der Waals surface area contributed by atoms with Crippen molar-refractivity contribution in [2.75, 3.05) is 41.0 Å². The van der Waals surface area contributed by atoms with Gasteiger partial charge < -0.3 is 28.6 Å². The van der Waals surface area contributed by atoms with Gasteiger partial charge >= 0.3 is 11.9 Å². The number of allylic oxidation sites excluding steroid dienone is 6. The summed E-state index contributed by atoms with van der Waals surface area (Å²) >= 11 is 0. The first-order valence-corrected chi connectivity index (χ1v) is 26.0. The van der Waals surface area contributed by atoms with Crippen LogP contribution in [0.4, 0.5) is 0 Å². The number of carbonyl (C=O) groups excluding carboxylic acids is 3. The molecule has 62 heavy (non-hydrogen) atoms. The number of quaternary nitrogens is 1. The van der Waals surface area contributed by atoms with Crippen LogP contribution >= 0.6 is 0 Å². The first-order chi connectivity index (χ1) is 30.1. The fourth-order valence-corrected chi connectivity index (χ4v) is 7.75. The van der Waals surface area contributed by atoms with Crippen molar-refractivity contribution in [2.24, 2.45) is 0 Å². The van der Waals surface area contributed by atoms with Gasteiger partial charge in [-0.1, -0.05) is 192 Å². The predicted molar refractivity (Wildman–Crippen MR) is 259 cm³/mol. The van der Waals surface area contributed by atoms with Crippen molar-refractivity contribution in [3.63, 3.8) is 0 Å². The van der Waals surface area contributed by atoms with Gasteiger partial charge in [0.2, 0.25) is 0 Å². The van der Waals surface area contributed by atoms with Gasteiger partial charge in [-0.25, -0.2) is 0 Å². The lowest BCUT2D eigenvalue weighted by atomic mass is 10.0. The Balaban J connectivity index is 4.20. The summed E-state index contributed by atoms with van der Waals surface area (Å²) in [6.07, 6.45) is 53.2. The molecule has 0 saturated heterocycles. The maximum absolute atomic E-state index is 12.8. The number of hydrogen-bond acceptors (Lipinski definition) is 7. The number of unbranched alkanes of at least 4 members (excludes halogenated alkanes) is 27. The molecule has 2 unspecified atom stereocenters. The second-order valence-electron chi connectivity index (χ2n) is 18.7. The molecule has 0 aliphatic carbocycles. The molecule has 2 atom stereocenters. The van der Waals surface area contributed by atoms with Crippen molar-refractivity contribution < 1.29 is 38.2 Å². The first-order valence-electron chi connectivity index (χ1n) is 26.0. The molecule has 0 heterocycles. The molecule has 0 aromatic heterocycles. The number of esters is 2. The summed E-state index contributed by atoms with van der Waals surface area (Å²) in [5.74, 6) is -1.73. The Morgan fingerprint density at radius 2 is 0.903 bits per heavy atom. The third-order valence-corrected chi connectivity index (χ3v) is 11.8. The van der Waals surface area contributed by atoms with Crippen LogP contribution in [-0.4, -0.2) is 75.5 Å². The van der Waals surface area contributed by atoms with Gasteiger partial charge in [0.25, 0.3) is 0 Å². The lowest BCUT2D eigenvalue weighted by Crippen LogP contribution is -2.55. The van der Waals surface area contributed by atoms with E-state index in [2.05, 4.69) is 50.3 Å². The maximum Gasteiger partial charge on any atom is 0.306 e. The van der Waals surface area contributed by atoms with E-state index in [1.807, 2.05) is 0 Å². The minimum Gasteiger partial charge on any atom is -0.544 e.